The van der Waals surface area contributed by atoms with E-state index in [-0.39, 0.29) is 0 Å². The van der Waals surface area contributed by atoms with E-state index < -0.39 is 0 Å². The molecule has 0 atom stereocenters. The van der Waals surface area contributed by atoms with Crippen molar-refractivity contribution in [2.24, 2.45) is 0 Å². The van der Waals surface area contributed by atoms with E-state index in [1.807, 2.05) is 9.80 Å². The molecule has 0 radical (unpaired) electrons. The summed E-state index contributed by atoms with van der Waals surface area (Å²) in [7, 11) is 0. The zero-order valence-electron chi connectivity index (χ0n) is 24.9. The van der Waals surface area contributed by atoms with Crippen LogP contribution in [0.15, 0.2) is 0 Å². The summed E-state index contributed by atoms with van der Waals surface area (Å²) in [5.41, 5.74) is 0. The second-order valence-electron chi connectivity index (χ2n) is 8.58. The first-order valence-corrected chi connectivity index (χ1v) is 15.8. The SMILES string of the molecule is CC[NH+](CC)CC.CC[NH+](CC)CC.S=C([S-])N1CCOCCOCCN(C(=S)[S-])CCOCCOCC1. The molecule has 0 aliphatic carbocycles. The number of nitrogens with one attached hydrogen (secondary N) is 2. The van der Waals surface area contributed by atoms with Crippen molar-refractivity contribution in [3.8, 4) is 0 Å². The average Bonchev–Trinajstić information content (AvgIpc) is 2.91. The summed E-state index contributed by atoms with van der Waals surface area (Å²) in [6, 6.07) is 0. The van der Waals surface area contributed by atoms with Crippen molar-refractivity contribution in [3.63, 3.8) is 0 Å². The highest BCUT2D eigenvalue weighted by Gasteiger charge is 2.04. The van der Waals surface area contributed by atoms with Crippen LogP contribution in [0.1, 0.15) is 41.5 Å². The average molecular weight is 617 g/mol. The molecule has 0 aromatic rings. The third-order valence-corrected chi connectivity index (χ3v) is 7.32. The van der Waals surface area contributed by atoms with Crippen molar-refractivity contribution in [1.29, 1.82) is 0 Å². The molecule has 38 heavy (non-hydrogen) atoms. The van der Waals surface area contributed by atoms with Gasteiger partial charge in [-0.2, -0.15) is 0 Å². The Kier molecular flexibility index (Phi) is 31.6. The predicted molar refractivity (Wildman–Crippen MR) is 172 cm³/mol. The molecule has 1 saturated heterocycles. The molecule has 0 aromatic heterocycles. The quantitative estimate of drug-likeness (QED) is 0.320. The minimum absolute atomic E-state index is 0.434. The molecule has 0 amide bonds. The lowest BCUT2D eigenvalue weighted by atomic mass is 10.5. The Bertz CT molecular complexity index is 468. The Morgan fingerprint density at radius 3 is 0.842 bits per heavy atom. The Hall–Kier alpha value is -0.0200. The third kappa shape index (κ3) is 25.0. The first kappa shape index (κ1) is 40.1. The van der Waals surface area contributed by atoms with Gasteiger partial charge in [0.15, 0.2) is 0 Å². The highest BCUT2D eigenvalue weighted by Crippen LogP contribution is 1.96. The molecule has 1 rings (SSSR count). The minimum Gasteiger partial charge on any atom is -0.411 e. The van der Waals surface area contributed by atoms with Gasteiger partial charge >= 0.3 is 0 Å². The Morgan fingerprint density at radius 2 is 0.711 bits per heavy atom. The number of rotatable bonds is 6. The molecule has 12 heteroatoms. The maximum atomic E-state index is 5.54. The number of hydrogen-bond acceptors (Lipinski definition) is 8. The monoisotopic (exact) mass is 616 g/mol. The van der Waals surface area contributed by atoms with E-state index in [4.69, 9.17) is 68.6 Å². The lowest BCUT2D eigenvalue weighted by Crippen LogP contribution is -3.11. The molecule has 2 N–H and O–H groups in total. The second-order valence-corrected chi connectivity index (χ2v) is 10.6. The fourth-order valence-electron chi connectivity index (χ4n) is 3.43. The van der Waals surface area contributed by atoms with Gasteiger partial charge in [-0.3, -0.25) is 0 Å². The predicted octanol–water partition coefficient (Wildman–Crippen LogP) is 0.196. The van der Waals surface area contributed by atoms with E-state index in [2.05, 4.69) is 41.5 Å². The molecule has 1 fully saturated rings. The number of quaternary nitrogens is 2. The van der Waals surface area contributed by atoms with E-state index in [0.717, 1.165) is 0 Å². The molecule has 0 unspecified atom stereocenters. The topological polar surface area (TPSA) is 52.3 Å². The van der Waals surface area contributed by atoms with Gasteiger partial charge in [0.2, 0.25) is 0 Å². The maximum Gasteiger partial charge on any atom is 0.0742 e. The lowest BCUT2D eigenvalue weighted by molar-refractivity contribution is -0.894. The van der Waals surface area contributed by atoms with Gasteiger partial charge in [0.25, 0.3) is 0 Å². The van der Waals surface area contributed by atoms with Crippen LogP contribution in [0.3, 0.4) is 0 Å². The minimum atomic E-state index is 0.434. The fraction of sp³-hybridized carbons (Fsp3) is 0.923. The van der Waals surface area contributed by atoms with Gasteiger partial charge < -0.3 is 88.2 Å². The third-order valence-electron chi connectivity index (χ3n) is 6.28. The van der Waals surface area contributed by atoms with E-state index in [0.29, 0.717) is 87.7 Å². The molecule has 0 bridgehead atoms. The fourth-order valence-corrected chi connectivity index (χ4v) is 4.16. The molecule has 1 heterocycles. The van der Waals surface area contributed by atoms with Crippen molar-refractivity contribution in [2.75, 3.05) is 118 Å². The number of hydrogen-bond donors (Lipinski definition) is 2. The zero-order valence-corrected chi connectivity index (χ0v) is 28.2. The van der Waals surface area contributed by atoms with E-state index in [1.54, 1.807) is 9.80 Å². The van der Waals surface area contributed by atoms with Crippen molar-refractivity contribution >= 4 is 58.3 Å². The van der Waals surface area contributed by atoms with Gasteiger partial charge in [0.05, 0.1) is 92.1 Å². The largest absolute Gasteiger partial charge is 0.411 e. The summed E-state index contributed by atoms with van der Waals surface area (Å²) in [5.74, 6) is 0. The van der Waals surface area contributed by atoms with E-state index in [1.165, 1.54) is 39.3 Å². The molecule has 0 spiro atoms. The van der Waals surface area contributed by atoms with Crippen LogP contribution < -0.4 is 9.80 Å². The van der Waals surface area contributed by atoms with Crippen LogP contribution in [0.4, 0.5) is 0 Å². The molecule has 0 saturated carbocycles. The highest BCUT2D eigenvalue weighted by molar-refractivity contribution is 8.00. The van der Waals surface area contributed by atoms with Gasteiger partial charge in [-0.25, -0.2) is 0 Å². The summed E-state index contributed by atoms with van der Waals surface area (Å²) in [5, 5.41) is 0. The van der Waals surface area contributed by atoms with Crippen molar-refractivity contribution in [2.45, 2.75) is 41.5 Å². The second kappa shape index (κ2) is 30.0. The number of thiocarbonyl (C=S) groups is 2. The molecule has 228 valence electrons. The van der Waals surface area contributed by atoms with Crippen LogP contribution in [-0.2, 0) is 44.2 Å². The van der Waals surface area contributed by atoms with Crippen LogP contribution in [-0.4, -0.2) is 137 Å². The van der Waals surface area contributed by atoms with Crippen LogP contribution in [0.5, 0.6) is 0 Å². The molecular formula is C26H56N4O4S4. The maximum absolute atomic E-state index is 5.54. The van der Waals surface area contributed by atoms with Crippen LogP contribution in [0, 0.1) is 0 Å². The summed E-state index contributed by atoms with van der Waals surface area (Å²) in [6.45, 7) is 27.9. The summed E-state index contributed by atoms with van der Waals surface area (Å²) >= 11 is 20.3. The summed E-state index contributed by atoms with van der Waals surface area (Å²) in [4.78, 5) is 7.16. The zero-order chi connectivity index (χ0) is 29.0. The summed E-state index contributed by atoms with van der Waals surface area (Å²) < 4.78 is 23.0. The molecule has 1 aliphatic heterocycles. The van der Waals surface area contributed by atoms with Crippen LogP contribution in [0.25, 0.3) is 0 Å². The van der Waals surface area contributed by atoms with Gasteiger partial charge in [-0.1, -0.05) is 8.64 Å². The Balaban J connectivity index is 0. The standard InChI is InChI=1S/C14H26N2O4S4.2C6H15N/c21-13(22)15-1-5-17-9-10-19-7-3-16(14(23)24)4-8-20-12-11-18-6-2-15;2*1-4-7(5-2)6-3/h1-12H2,(H,21,22)(H,23,24);2*4-6H2,1-3H3. The first-order valence-electron chi connectivity index (χ1n) is 14.2. The summed E-state index contributed by atoms with van der Waals surface area (Å²) in [6.07, 6.45) is 0. The number of nitrogens with zero attached hydrogens (tertiary/aromatic N) is 2. The van der Waals surface area contributed by atoms with Crippen molar-refractivity contribution in [1.82, 2.24) is 9.80 Å². The molecule has 0 aromatic carbocycles. The number of ether oxygens (including phenoxy) is 4. The van der Waals surface area contributed by atoms with Crippen LogP contribution >= 0.6 is 24.4 Å². The Morgan fingerprint density at radius 1 is 0.500 bits per heavy atom. The van der Waals surface area contributed by atoms with Gasteiger partial charge in [-0.05, 0) is 41.5 Å². The lowest BCUT2D eigenvalue weighted by Gasteiger charge is -2.29. The van der Waals surface area contributed by atoms with Crippen molar-refractivity contribution in [3.05, 3.63) is 0 Å². The molecule has 1 aliphatic rings. The van der Waals surface area contributed by atoms with Crippen LogP contribution in [0.2, 0.25) is 0 Å². The highest BCUT2D eigenvalue weighted by atomic mass is 32.1. The van der Waals surface area contributed by atoms with Gasteiger partial charge in [0.1, 0.15) is 0 Å². The molecule has 8 nitrogen and oxygen atoms in total. The normalized spacial score (nSPS) is 16.9. The smallest absolute Gasteiger partial charge is 0.0742 e. The van der Waals surface area contributed by atoms with Crippen molar-refractivity contribution < 1.29 is 28.7 Å². The van der Waals surface area contributed by atoms with Gasteiger partial charge in [-0.15, -0.1) is 0 Å². The van der Waals surface area contributed by atoms with E-state index in [9.17, 15) is 0 Å². The first-order chi connectivity index (χ1) is 18.3. The Labute approximate surface area is 255 Å². The molecular weight excluding hydrogens is 561 g/mol. The van der Waals surface area contributed by atoms with Gasteiger partial charge in [0, 0.05) is 26.2 Å². The van der Waals surface area contributed by atoms with E-state index >= 15 is 0 Å².